The quantitative estimate of drug-likeness (QED) is 0.793. The molecule has 0 heterocycles. The van der Waals surface area contributed by atoms with E-state index in [2.05, 4.69) is 25.7 Å². The fraction of sp³-hybridized carbons (Fsp3) is 0.500. The van der Waals surface area contributed by atoms with Crippen LogP contribution in [0.15, 0.2) is 18.2 Å². The summed E-state index contributed by atoms with van der Waals surface area (Å²) in [7, 11) is 0. The average Bonchev–Trinajstić information content (AvgIpc) is 2.41. The Morgan fingerprint density at radius 1 is 1.37 bits per heavy atom. The molecule has 19 heavy (non-hydrogen) atoms. The van der Waals surface area contributed by atoms with E-state index in [-0.39, 0.29) is 10.9 Å². The molecule has 0 fully saturated rings. The van der Waals surface area contributed by atoms with Gasteiger partial charge in [0.2, 0.25) is 0 Å². The van der Waals surface area contributed by atoms with Crippen LogP contribution in [0.4, 0.5) is 4.39 Å². The van der Waals surface area contributed by atoms with Crippen LogP contribution in [-0.2, 0) is 0 Å². The Morgan fingerprint density at radius 2 is 2.11 bits per heavy atom. The van der Waals surface area contributed by atoms with Crippen molar-refractivity contribution in [2.24, 2.45) is 5.92 Å². The van der Waals surface area contributed by atoms with Crippen LogP contribution in [0.5, 0.6) is 0 Å². The fourth-order valence-electron chi connectivity index (χ4n) is 1.90. The first-order chi connectivity index (χ1) is 9.08. The van der Waals surface area contributed by atoms with Gasteiger partial charge in [-0.05, 0) is 37.0 Å². The number of rotatable bonds is 5. The Morgan fingerprint density at radius 3 is 2.68 bits per heavy atom. The van der Waals surface area contributed by atoms with E-state index >= 15 is 0 Å². The first-order valence-electron chi connectivity index (χ1n) is 6.73. The molecule has 0 radical (unpaired) electrons. The molecule has 0 spiro atoms. The Kier molecular flexibility index (Phi) is 6.91. The van der Waals surface area contributed by atoms with Gasteiger partial charge in [-0.2, -0.15) is 0 Å². The number of hydrogen-bond donors (Lipinski definition) is 1. The van der Waals surface area contributed by atoms with Gasteiger partial charge >= 0.3 is 0 Å². The molecule has 1 nitrogen and oxygen atoms in total. The summed E-state index contributed by atoms with van der Waals surface area (Å²) in [4.78, 5) is 0. The Hall–Kier alpha value is -1.04. The van der Waals surface area contributed by atoms with Crippen molar-refractivity contribution in [3.63, 3.8) is 0 Å². The normalized spacial score (nSPS) is 13.5. The lowest BCUT2D eigenvalue weighted by atomic mass is 9.93. The van der Waals surface area contributed by atoms with E-state index in [0.29, 0.717) is 5.56 Å². The van der Waals surface area contributed by atoms with Crippen molar-refractivity contribution in [3.8, 4) is 11.8 Å². The first kappa shape index (κ1) is 16.0. The van der Waals surface area contributed by atoms with Crippen LogP contribution in [0, 0.1) is 23.6 Å². The maximum absolute atomic E-state index is 13.0. The lowest BCUT2D eigenvalue weighted by Crippen LogP contribution is -2.17. The second kappa shape index (κ2) is 8.19. The highest BCUT2D eigenvalue weighted by Gasteiger charge is 2.14. The zero-order valence-electron chi connectivity index (χ0n) is 11.4. The van der Waals surface area contributed by atoms with Gasteiger partial charge in [0.25, 0.3) is 0 Å². The number of aliphatic hydroxyl groups is 1. The molecular formula is C16H20ClFO. The van der Waals surface area contributed by atoms with Crippen molar-refractivity contribution in [2.75, 3.05) is 0 Å². The molecule has 0 aliphatic carbocycles. The summed E-state index contributed by atoms with van der Waals surface area (Å²) in [5.41, 5.74) is 0.621. The molecule has 0 saturated heterocycles. The molecule has 104 valence electrons. The summed E-state index contributed by atoms with van der Waals surface area (Å²) in [6, 6.07) is 4.32. The number of halogens is 2. The van der Waals surface area contributed by atoms with E-state index in [4.69, 9.17) is 11.6 Å². The molecule has 0 amide bonds. The third-order valence-electron chi connectivity index (χ3n) is 3.18. The maximum atomic E-state index is 13.0. The third-order valence-corrected chi connectivity index (χ3v) is 3.47. The highest BCUT2D eigenvalue weighted by molar-refractivity contribution is 6.30. The van der Waals surface area contributed by atoms with Crippen LogP contribution in [0.1, 0.15) is 45.1 Å². The second-order valence-electron chi connectivity index (χ2n) is 4.65. The van der Waals surface area contributed by atoms with E-state index in [9.17, 15) is 9.50 Å². The summed E-state index contributed by atoms with van der Waals surface area (Å²) in [6.45, 7) is 4.19. The third kappa shape index (κ3) is 5.22. The number of hydrogen-bond acceptors (Lipinski definition) is 1. The average molecular weight is 283 g/mol. The molecule has 0 aliphatic rings. The summed E-state index contributed by atoms with van der Waals surface area (Å²) in [6.07, 6.45) is 3.46. The fourth-order valence-corrected chi connectivity index (χ4v) is 2.08. The van der Waals surface area contributed by atoms with Gasteiger partial charge in [-0.1, -0.05) is 50.1 Å². The van der Waals surface area contributed by atoms with Crippen molar-refractivity contribution in [1.29, 1.82) is 0 Å². The van der Waals surface area contributed by atoms with Crippen LogP contribution >= 0.6 is 11.6 Å². The van der Waals surface area contributed by atoms with Crippen molar-refractivity contribution in [3.05, 3.63) is 34.6 Å². The molecule has 0 bridgehead atoms. The van der Waals surface area contributed by atoms with E-state index in [0.717, 1.165) is 25.7 Å². The molecule has 0 saturated carbocycles. The Balaban J connectivity index is 2.71. The van der Waals surface area contributed by atoms with Crippen LogP contribution < -0.4 is 0 Å². The van der Waals surface area contributed by atoms with Gasteiger partial charge in [0.1, 0.15) is 11.9 Å². The van der Waals surface area contributed by atoms with Crippen molar-refractivity contribution < 1.29 is 9.50 Å². The number of unbranched alkanes of at least 4 members (excludes halogenated alkanes) is 1. The molecule has 2 atom stereocenters. The van der Waals surface area contributed by atoms with Gasteiger partial charge in [0.05, 0.1) is 5.02 Å². The highest BCUT2D eigenvalue weighted by Crippen LogP contribution is 2.18. The van der Waals surface area contributed by atoms with Crippen molar-refractivity contribution in [1.82, 2.24) is 0 Å². The topological polar surface area (TPSA) is 20.2 Å². The van der Waals surface area contributed by atoms with Gasteiger partial charge in [-0.3, -0.25) is 0 Å². The lowest BCUT2D eigenvalue weighted by Gasteiger charge is -2.16. The Bertz CT molecular complexity index is 462. The van der Waals surface area contributed by atoms with Gasteiger partial charge in [-0.15, -0.1) is 0 Å². The molecule has 3 heteroatoms. The molecule has 0 aliphatic heterocycles. The number of benzene rings is 1. The molecule has 2 unspecified atom stereocenters. The predicted octanol–water partition coefficient (Wildman–Crippen LogP) is 4.41. The molecular weight excluding hydrogens is 263 g/mol. The minimum absolute atomic E-state index is 0.0549. The van der Waals surface area contributed by atoms with Gasteiger partial charge in [0, 0.05) is 5.56 Å². The largest absolute Gasteiger partial charge is 0.380 e. The minimum Gasteiger partial charge on any atom is -0.380 e. The van der Waals surface area contributed by atoms with Crippen LogP contribution in [0.3, 0.4) is 0 Å². The van der Waals surface area contributed by atoms with Crippen LogP contribution in [-0.4, -0.2) is 11.2 Å². The van der Waals surface area contributed by atoms with Gasteiger partial charge < -0.3 is 5.11 Å². The monoisotopic (exact) mass is 282 g/mol. The zero-order chi connectivity index (χ0) is 14.3. The van der Waals surface area contributed by atoms with Gasteiger partial charge in [-0.25, -0.2) is 4.39 Å². The zero-order valence-corrected chi connectivity index (χ0v) is 12.2. The van der Waals surface area contributed by atoms with E-state index in [1.165, 1.54) is 12.1 Å². The minimum atomic E-state index is -0.639. The van der Waals surface area contributed by atoms with E-state index in [1.807, 2.05) is 0 Å². The Labute approximate surface area is 119 Å². The standard InChI is InChI=1S/C16H20ClFO/c1-3-5-6-13(4-2)16(19)10-8-12-7-9-15(18)14(17)11-12/h7,9,11,13,16,19H,3-6H2,1-2H3. The van der Waals surface area contributed by atoms with Crippen molar-refractivity contribution >= 4 is 11.6 Å². The van der Waals surface area contributed by atoms with Crippen LogP contribution in [0.25, 0.3) is 0 Å². The maximum Gasteiger partial charge on any atom is 0.141 e. The number of aliphatic hydroxyl groups excluding tert-OH is 1. The predicted molar refractivity (Wildman–Crippen MR) is 77.6 cm³/mol. The lowest BCUT2D eigenvalue weighted by molar-refractivity contribution is 0.150. The van der Waals surface area contributed by atoms with E-state index < -0.39 is 11.9 Å². The second-order valence-corrected chi connectivity index (χ2v) is 5.06. The summed E-state index contributed by atoms with van der Waals surface area (Å²) < 4.78 is 13.0. The molecule has 1 aromatic carbocycles. The smallest absolute Gasteiger partial charge is 0.141 e. The summed E-state index contributed by atoms with van der Waals surface area (Å²) >= 11 is 5.68. The SMILES string of the molecule is CCCCC(CC)C(O)C#Cc1ccc(F)c(Cl)c1. The molecule has 0 aromatic heterocycles. The van der Waals surface area contributed by atoms with Crippen molar-refractivity contribution in [2.45, 2.75) is 45.6 Å². The summed E-state index contributed by atoms with van der Waals surface area (Å²) in [5, 5.41) is 10.1. The van der Waals surface area contributed by atoms with E-state index in [1.54, 1.807) is 6.07 Å². The molecule has 1 aromatic rings. The molecule has 1 N–H and O–H groups in total. The molecule has 1 rings (SSSR count). The van der Waals surface area contributed by atoms with Gasteiger partial charge in [0.15, 0.2) is 0 Å². The highest BCUT2D eigenvalue weighted by atomic mass is 35.5. The first-order valence-corrected chi connectivity index (χ1v) is 7.10. The van der Waals surface area contributed by atoms with Crippen LogP contribution in [0.2, 0.25) is 5.02 Å². The summed E-state index contributed by atoms with van der Waals surface area (Å²) in [5.74, 6) is 5.42.